The standard InChI is InChI=1S/C13H19N3O4S/c1-9-14-10(5-6-13(17)18)8-11(15-9)12-4-3-7-16(12)21(2,19)20/h8,12H,3-7H2,1-2H3,(H,17,18)/t12-/m1/s1. The Morgan fingerprint density at radius 1 is 1.48 bits per heavy atom. The number of hydrogen-bond acceptors (Lipinski definition) is 5. The fourth-order valence-electron chi connectivity index (χ4n) is 2.62. The van der Waals surface area contributed by atoms with Gasteiger partial charge in [0.25, 0.3) is 0 Å². The molecular weight excluding hydrogens is 294 g/mol. The largest absolute Gasteiger partial charge is 0.481 e. The average Bonchev–Trinajstić information content (AvgIpc) is 2.84. The number of sulfonamides is 1. The predicted octanol–water partition coefficient (Wildman–Crippen LogP) is 0.899. The van der Waals surface area contributed by atoms with Crippen LogP contribution in [0.4, 0.5) is 0 Å². The monoisotopic (exact) mass is 313 g/mol. The van der Waals surface area contributed by atoms with E-state index in [1.54, 1.807) is 13.0 Å². The van der Waals surface area contributed by atoms with Gasteiger partial charge in [0.05, 0.1) is 24.4 Å². The molecule has 1 atom stereocenters. The fraction of sp³-hybridized carbons (Fsp3) is 0.615. The van der Waals surface area contributed by atoms with E-state index < -0.39 is 16.0 Å². The van der Waals surface area contributed by atoms with Gasteiger partial charge in [-0.2, -0.15) is 4.31 Å². The summed E-state index contributed by atoms with van der Waals surface area (Å²) in [6.07, 6.45) is 3.03. The van der Waals surface area contributed by atoms with Crippen molar-refractivity contribution in [1.29, 1.82) is 0 Å². The van der Waals surface area contributed by atoms with Crippen molar-refractivity contribution in [3.63, 3.8) is 0 Å². The van der Waals surface area contributed by atoms with Crippen molar-refractivity contribution >= 4 is 16.0 Å². The van der Waals surface area contributed by atoms with Gasteiger partial charge in [-0.25, -0.2) is 18.4 Å². The Bertz CT molecular complexity index is 645. The molecule has 1 aromatic heterocycles. The van der Waals surface area contributed by atoms with Crippen LogP contribution in [0.2, 0.25) is 0 Å². The quantitative estimate of drug-likeness (QED) is 0.866. The zero-order valence-electron chi connectivity index (χ0n) is 12.1. The lowest BCUT2D eigenvalue weighted by atomic mass is 10.1. The summed E-state index contributed by atoms with van der Waals surface area (Å²) in [4.78, 5) is 19.2. The Morgan fingerprint density at radius 2 is 2.19 bits per heavy atom. The molecule has 0 amide bonds. The molecule has 7 nitrogen and oxygen atoms in total. The Kier molecular flexibility index (Phi) is 4.58. The van der Waals surface area contributed by atoms with Gasteiger partial charge in [0.2, 0.25) is 10.0 Å². The highest BCUT2D eigenvalue weighted by Crippen LogP contribution is 2.33. The summed E-state index contributed by atoms with van der Waals surface area (Å²) < 4.78 is 25.1. The number of aryl methyl sites for hydroxylation is 2. The number of nitrogens with zero attached hydrogens (tertiary/aromatic N) is 3. The molecule has 1 saturated heterocycles. The summed E-state index contributed by atoms with van der Waals surface area (Å²) in [6.45, 7) is 2.23. The minimum atomic E-state index is -3.27. The maximum absolute atomic E-state index is 11.8. The topological polar surface area (TPSA) is 100 Å². The predicted molar refractivity (Wildman–Crippen MR) is 76.3 cm³/mol. The fourth-order valence-corrected chi connectivity index (χ4v) is 3.76. The van der Waals surface area contributed by atoms with Gasteiger partial charge in [0.1, 0.15) is 5.82 Å². The van der Waals surface area contributed by atoms with E-state index in [4.69, 9.17) is 5.11 Å². The number of hydrogen-bond donors (Lipinski definition) is 1. The van der Waals surface area contributed by atoms with E-state index >= 15 is 0 Å². The van der Waals surface area contributed by atoms with Gasteiger partial charge in [-0.15, -0.1) is 0 Å². The molecule has 0 aliphatic carbocycles. The molecule has 0 radical (unpaired) electrons. The SMILES string of the molecule is Cc1nc(CCC(=O)O)cc([C@H]2CCCN2S(C)(=O)=O)n1. The van der Waals surface area contributed by atoms with Crippen molar-refractivity contribution < 1.29 is 18.3 Å². The molecule has 2 rings (SSSR count). The van der Waals surface area contributed by atoms with Gasteiger partial charge in [0, 0.05) is 18.7 Å². The lowest BCUT2D eigenvalue weighted by Gasteiger charge is -2.22. The number of carbonyl (C=O) groups is 1. The summed E-state index contributed by atoms with van der Waals surface area (Å²) in [5.41, 5.74) is 1.30. The third-order valence-corrected chi connectivity index (χ3v) is 4.77. The van der Waals surface area contributed by atoms with Crippen LogP contribution in [0.5, 0.6) is 0 Å². The van der Waals surface area contributed by atoms with Crippen LogP contribution in [0.1, 0.15) is 42.5 Å². The Morgan fingerprint density at radius 3 is 2.81 bits per heavy atom. The van der Waals surface area contributed by atoms with E-state index in [9.17, 15) is 13.2 Å². The minimum Gasteiger partial charge on any atom is -0.481 e. The number of rotatable bonds is 5. The lowest BCUT2D eigenvalue weighted by Crippen LogP contribution is -2.30. The first-order chi connectivity index (χ1) is 9.77. The molecule has 0 unspecified atom stereocenters. The molecule has 0 spiro atoms. The molecular formula is C13H19N3O4S. The number of aromatic nitrogens is 2. The first-order valence-electron chi connectivity index (χ1n) is 6.80. The van der Waals surface area contributed by atoms with Crippen molar-refractivity contribution in [1.82, 2.24) is 14.3 Å². The highest BCUT2D eigenvalue weighted by atomic mass is 32.2. The number of carboxylic acid groups (broad SMARTS) is 1. The summed E-state index contributed by atoms with van der Waals surface area (Å²) in [6, 6.07) is 1.45. The Labute approximate surface area is 124 Å². The van der Waals surface area contributed by atoms with Crippen LogP contribution in [0.3, 0.4) is 0 Å². The van der Waals surface area contributed by atoms with Crippen LogP contribution in [0, 0.1) is 6.92 Å². The third-order valence-electron chi connectivity index (χ3n) is 3.48. The summed E-state index contributed by atoms with van der Waals surface area (Å²) in [5, 5.41) is 8.74. The second-order valence-electron chi connectivity index (χ2n) is 5.26. The molecule has 8 heteroatoms. The van der Waals surface area contributed by atoms with Gasteiger partial charge in [-0.05, 0) is 25.8 Å². The van der Waals surface area contributed by atoms with Crippen molar-refractivity contribution in [3.05, 3.63) is 23.3 Å². The van der Waals surface area contributed by atoms with E-state index in [2.05, 4.69) is 9.97 Å². The van der Waals surface area contributed by atoms with Gasteiger partial charge >= 0.3 is 5.97 Å². The van der Waals surface area contributed by atoms with Crippen LogP contribution < -0.4 is 0 Å². The zero-order chi connectivity index (χ0) is 15.6. The lowest BCUT2D eigenvalue weighted by molar-refractivity contribution is -0.136. The summed E-state index contributed by atoms with van der Waals surface area (Å²) in [7, 11) is -3.27. The Balaban J connectivity index is 2.28. The minimum absolute atomic E-state index is 0.00362. The molecule has 2 heterocycles. The van der Waals surface area contributed by atoms with Crippen molar-refractivity contribution in [2.24, 2.45) is 0 Å². The molecule has 1 N–H and O–H groups in total. The number of aliphatic carboxylic acids is 1. The second-order valence-corrected chi connectivity index (χ2v) is 7.19. The first-order valence-corrected chi connectivity index (χ1v) is 8.65. The zero-order valence-corrected chi connectivity index (χ0v) is 12.9. The van der Waals surface area contributed by atoms with Crippen molar-refractivity contribution in [3.8, 4) is 0 Å². The van der Waals surface area contributed by atoms with Crippen LogP contribution in [0.15, 0.2) is 6.07 Å². The van der Waals surface area contributed by atoms with E-state index in [0.29, 0.717) is 30.2 Å². The van der Waals surface area contributed by atoms with Crippen LogP contribution in [0.25, 0.3) is 0 Å². The molecule has 1 aromatic rings. The first kappa shape index (κ1) is 15.8. The molecule has 0 bridgehead atoms. The van der Waals surface area contributed by atoms with Gasteiger partial charge in [-0.3, -0.25) is 4.79 Å². The third kappa shape index (κ3) is 3.98. The normalized spacial score (nSPS) is 19.8. The molecule has 21 heavy (non-hydrogen) atoms. The molecule has 0 aromatic carbocycles. The molecule has 1 fully saturated rings. The van der Waals surface area contributed by atoms with E-state index in [1.807, 2.05) is 0 Å². The molecule has 1 aliphatic heterocycles. The highest BCUT2D eigenvalue weighted by Gasteiger charge is 2.33. The molecule has 1 aliphatic rings. The van der Waals surface area contributed by atoms with Crippen molar-refractivity contribution in [2.45, 2.75) is 38.6 Å². The van der Waals surface area contributed by atoms with Crippen LogP contribution in [-0.2, 0) is 21.2 Å². The summed E-state index contributed by atoms with van der Waals surface area (Å²) >= 11 is 0. The molecule has 116 valence electrons. The maximum Gasteiger partial charge on any atom is 0.303 e. The Hall–Kier alpha value is -1.54. The smallest absolute Gasteiger partial charge is 0.303 e. The number of carboxylic acids is 1. The van der Waals surface area contributed by atoms with E-state index in [0.717, 1.165) is 12.8 Å². The van der Waals surface area contributed by atoms with E-state index in [1.165, 1.54) is 10.6 Å². The second kappa shape index (κ2) is 6.07. The molecule has 0 saturated carbocycles. The average molecular weight is 313 g/mol. The highest BCUT2D eigenvalue weighted by molar-refractivity contribution is 7.88. The van der Waals surface area contributed by atoms with Gasteiger partial charge in [0.15, 0.2) is 0 Å². The van der Waals surface area contributed by atoms with E-state index in [-0.39, 0.29) is 12.5 Å². The van der Waals surface area contributed by atoms with Crippen LogP contribution >= 0.6 is 0 Å². The van der Waals surface area contributed by atoms with Gasteiger partial charge < -0.3 is 5.11 Å². The van der Waals surface area contributed by atoms with Crippen molar-refractivity contribution in [2.75, 3.05) is 12.8 Å². The summed E-state index contributed by atoms with van der Waals surface area (Å²) in [5.74, 6) is -0.348. The van der Waals surface area contributed by atoms with Crippen LogP contribution in [-0.4, -0.2) is 46.6 Å². The van der Waals surface area contributed by atoms with Gasteiger partial charge in [-0.1, -0.05) is 0 Å². The maximum atomic E-state index is 11.8.